The number of carbonyl (C=O) groups excluding carboxylic acids is 1. The van der Waals surface area contributed by atoms with E-state index in [9.17, 15) is 4.79 Å². The molecule has 4 rings (SSSR count). The fraction of sp³-hybridized carbons (Fsp3) is 0.348. The second kappa shape index (κ2) is 9.01. The summed E-state index contributed by atoms with van der Waals surface area (Å²) in [6.07, 6.45) is 3.51. The van der Waals surface area contributed by atoms with E-state index in [-0.39, 0.29) is 5.91 Å². The number of nitrogens with zero attached hydrogens (tertiary/aromatic N) is 2. The Bertz CT molecular complexity index is 871. The highest BCUT2D eigenvalue weighted by molar-refractivity contribution is 5.91. The summed E-state index contributed by atoms with van der Waals surface area (Å²) in [7, 11) is 0. The standard InChI is InChI=1S/C23H26N2O4/c1-2-27-20-7-3-18(4-8-20)6-10-23(26)25-13-11-24(12-14-25)16-19-5-9-21-22(15-19)29-17-28-21/h3-10,15H,2,11-14,16-17H2,1H3/b10-6+. The Labute approximate surface area is 171 Å². The van der Waals surface area contributed by atoms with Crippen molar-refractivity contribution in [1.29, 1.82) is 0 Å². The van der Waals surface area contributed by atoms with Gasteiger partial charge in [0.15, 0.2) is 11.5 Å². The number of rotatable bonds is 6. The average Bonchev–Trinajstić information content (AvgIpc) is 3.22. The molecule has 2 aliphatic heterocycles. The minimum atomic E-state index is 0.0571. The Morgan fingerprint density at radius 2 is 1.79 bits per heavy atom. The van der Waals surface area contributed by atoms with E-state index < -0.39 is 0 Å². The molecular weight excluding hydrogens is 368 g/mol. The summed E-state index contributed by atoms with van der Waals surface area (Å²) < 4.78 is 16.3. The van der Waals surface area contributed by atoms with E-state index in [2.05, 4.69) is 11.0 Å². The lowest BCUT2D eigenvalue weighted by molar-refractivity contribution is -0.127. The lowest BCUT2D eigenvalue weighted by Crippen LogP contribution is -2.47. The number of hydrogen-bond donors (Lipinski definition) is 0. The van der Waals surface area contributed by atoms with Crippen LogP contribution in [0, 0.1) is 0 Å². The zero-order valence-corrected chi connectivity index (χ0v) is 16.7. The number of hydrogen-bond acceptors (Lipinski definition) is 5. The SMILES string of the molecule is CCOc1ccc(/C=C/C(=O)N2CCN(Cc3ccc4c(c3)OCO4)CC2)cc1. The molecule has 2 aromatic rings. The van der Waals surface area contributed by atoms with Crippen molar-refractivity contribution in [2.75, 3.05) is 39.6 Å². The van der Waals surface area contributed by atoms with Gasteiger partial charge < -0.3 is 19.1 Å². The highest BCUT2D eigenvalue weighted by Crippen LogP contribution is 2.32. The molecule has 0 aromatic heterocycles. The molecule has 0 unspecified atom stereocenters. The van der Waals surface area contributed by atoms with Crippen LogP contribution in [0.4, 0.5) is 0 Å². The van der Waals surface area contributed by atoms with E-state index in [0.717, 1.165) is 55.5 Å². The normalized spacial score (nSPS) is 16.4. The minimum absolute atomic E-state index is 0.0571. The molecule has 29 heavy (non-hydrogen) atoms. The molecule has 0 radical (unpaired) electrons. The molecule has 6 heteroatoms. The lowest BCUT2D eigenvalue weighted by Gasteiger charge is -2.34. The van der Waals surface area contributed by atoms with Gasteiger partial charge in [0.25, 0.3) is 0 Å². The number of carbonyl (C=O) groups is 1. The number of ether oxygens (including phenoxy) is 3. The first kappa shape index (κ1) is 19.3. The summed E-state index contributed by atoms with van der Waals surface area (Å²) >= 11 is 0. The maximum atomic E-state index is 12.5. The van der Waals surface area contributed by atoms with Gasteiger partial charge in [-0.15, -0.1) is 0 Å². The van der Waals surface area contributed by atoms with Gasteiger partial charge in [0.05, 0.1) is 6.61 Å². The van der Waals surface area contributed by atoms with E-state index >= 15 is 0 Å². The summed E-state index contributed by atoms with van der Waals surface area (Å²) in [5.41, 5.74) is 2.19. The van der Waals surface area contributed by atoms with Gasteiger partial charge in [0.1, 0.15) is 5.75 Å². The molecule has 0 atom stereocenters. The molecule has 0 bridgehead atoms. The molecule has 6 nitrogen and oxygen atoms in total. The predicted octanol–water partition coefficient (Wildman–Crippen LogP) is 3.17. The van der Waals surface area contributed by atoms with Crippen molar-refractivity contribution >= 4 is 12.0 Å². The van der Waals surface area contributed by atoms with Crippen molar-refractivity contribution in [2.45, 2.75) is 13.5 Å². The second-order valence-corrected chi connectivity index (χ2v) is 7.12. The van der Waals surface area contributed by atoms with Gasteiger partial charge in [-0.1, -0.05) is 18.2 Å². The molecule has 152 valence electrons. The monoisotopic (exact) mass is 394 g/mol. The number of piperazine rings is 1. The van der Waals surface area contributed by atoms with Crippen molar-refractivity contribution in [3.05, 3.63) is 59.7 Å². The first-order chi connectivity index (χ1) is 14.2. The van der Waals surface area contributed by atoms with Crippen molar-refractivity contribution in [2.24, 2.45) is 0 Å². The maximum Gasteiger partial charge on any atom is 0.246 e. The molecule has 2 aliphatic rings. The highest BCUT2D eigenvalue weighted by atomic mass is 16.7. The van der Waals surface area contributed by atoms with Crippen LogP contribution in [0.2, 0.25) is 0 Å². The van der Waals surface area contributed by atoms with Crippen LogP contribution in [0.5, 0.6) is 17.2 Å². The first-order valence-electron chi connectivity index (χ1n) is 10.0. The summed E-state index contributed by atoms with van der Waals surface area (Å²) in [6, 6.07) is 13.8. The molecule has 0 spiro atoms. The fourth-order valence-electron chi connectivity index (χ4n) is 3.54. The topological polar surface area (TPSA) is 51.2 Å². The molecule has 0 saturated carbocycles. The maximum absolute atomic E-state index is 12.5. The molecule has 0 aliphatic carbocycles. The van der Waals surface area contributed by atoms with Crippen molar-refractivity contribution < 1.29 is 19.0 Å². The predicted molar refractivity (Wildman–Crippen MR) is 111 cm³/mol. The Hall–Kier alpha value is -2.99. The van der Waals surface area contributed by atoms with Crippen LogP contribution in [-0.4, -0.2) is 55.3 Å². The Balaban J connectivity index is 1.26. The van der Waals surface area contributed by atoms with Gasteiger partial charge in [0, 0.05) is 38.8 Å². The largest absolute Gasteiger partial charge is 0.494 e. The second-order valence-electron chi connectivity index (χ2n) is 7.12. The third-order valence-corrected chi connectivity index (χ3v) is 5.14. The van der Waals surface area contributed by atoms with E-state index in [0.29, 0.717) is 13.4 Å². The zero-order chi connectivity index (χ0) is 20.1. The van der Waals surface area contributed by atoms with Crippen LogP contribution in [0.15, 0.2) is 48.5 Å². The van der Waals surface area contributed by atoms with Gasteiger partial charge in [-0.2, -0.15) is 0 Å². The van der Waals surface area contributed by atoms with E-state index in [1.807, 2.05) is 54.3 Å². The van der Waals surface area contributed by atoms with Gasteiger partial charge in [0.2, 0.25) is 12.7 Å². The van der Waals surface area contributed by atoms with Gasteiger partial charge >= 0.3 is 0 Å². The van der Waals surface area contributed by atoms with Crippen LogP contribution in [-0.2, 0) is 11.3 Å². The van der Waals surface area contributed by atoms with Gasteiger partial charge in [-0.3, -0.25) is 9.69 Å². The molecule has 2 aromatic carbocycles. The molecular formula is C23H26N2O4. The summed E-state index contributed by atoms with van der Waals surface area (Å²) in [5, 5.41) is 0. The highest BCUT2D eigenvalue weighted by Gasteiger charge is 2.20. The van der Waals surface area contributed by atoms with Crippen molar-refractivity contribution in [1.82, 2.24) is 9.80 Å². The first-order valence-corrected chi connectivity index (χ1v) is 10.0. The average molecular weight is 394 g/mol. The number of amides is 1. The summed E-state index contributed by atoms with van der Waals surface area (Å²) in [4.78, 5) is 16.8. The molecule has 0 N–H and O–H groups in total. The van der Waals surface area contributed by atoms with Gasteiger partial charge in [-0.25, -0.2) is 0 Å². The van der Waals surface area contributed by atoms with E-state index in [4.69, 9.17) is 14.2 Å². The molecule has 1 fully saturated rings. The summed E-state index contributed by atoms with van der Waals surface area (Å²) in [6.45, 7) is 6.93. The smallest absolute Gasteiger partial charge is 0.246 e. The van der Waals surface area contributed by atoms with Gasteiger partial charge in [-0.05, 0) is 48.4 Å². The lowest BCUT2D eigenvalue weighted by atomic mass is 10.1. The quantitative estimate of drug-likeness (QED) is 0.705. The fourth-order valence-corrected chi connectivity index (χ4v) is 3.54. The zero-order valence-electron chi connectivity index (χ0n) is 16.7. The van der Waals surface area contributed by atoms with E-state index in [1.54, 1.807) is 6.08 Å². The molecule has 1 amide bonds. The molecule has 2 heterocycles. The van der Waals surface area contributed by atoms with Crippen LogP contribution < -0.4 is 14.2 Å². The third-order valence-electron chi connectivity index (χ3n) is 5.14. The summed E-state index contributed by atoms with van der Waals surface area (Å²) in [5.74, 6) is 2.52. The Morgan fingerprint density at radius 3 is 2.55 bits per heavy atom. The number of fused-ring (bicyclic) bond motifs is 1. The molecule has 1 saturated heterocycles. The van der Waals surface area contributed by atoms with Crippen LogP contribution >= 0.6 is 0 Å². The van der Waals surface area contributed by atoms with Crippen molar-refractivity contribution in [3.63, 3.8) is 0 Å². The van der Waals surface area contributed by atoms with Crippen LogP contribution in [0.1, 0.15) is 18.1 Å². The Kier molecular flexibility index (Phi) is 6.00. The third kappa shape index (κ3) is 4.90. The Morgan fingerprint density at radius 1 is 1.03 bits per heavy atom. The van der Waals surface area contributed by atoms with Crippen molar-refractivity contribution in [3.8, 4) is 17.2 Å². The number of benzene rings is 2. The van der Waals surface area contributed by atoms with Crippen LogP contribution in [0.3, 0.4) is 0 Å². The minimum Gasteiger partial charge on any atom is -0.494 e. The van der Waals surface area contributed by atoms with E-state index in [1.165, 1.54) is 5.56 Å². The van der Waals surface area contributed by atoms with Crippen LogP contribution in [0.25, 0.3) is 6.08 Å².